The summed E-state index contributed by atoms with van der Waals surface area (Å²) in [6, 6.07) is 2.26. The Morgan fingerprint density at radius 3 is 2.74 bits per heavy atom. The zero-order valence-electron chi connectivity index (χ0n) is 11.0. The molecule has 0 fully saturated rings. The third kappa shape index (κ3) is 4.67. The molecule has 0 saturated heterocycles. The van der Waals surface area contributed by atoms with Crippen molar-refractivity contribution in [3.05, 3.63) is 33.6 Å². The Labute approximate surface area is 116 Å². The molecule has 19 heavy (non-hydrogen) atoms. The molecule has 0 bridgehead atoms. The van der Waals surface area contributed by atoms with Gasteiger partial charge in [-0.15, -0.1) is 11.6 Å². The number of nitro groups is 1. The van der Waals surface area contributed by atoms with E-state index >= 15 is 0 Å². The monoisotopic (exact) mass is 289 g/mol. The van der Waals surface area contributed by atoms with Crippen LogP contribution in [0.15, 0.2) is 12.1 Å². The van der Waals surface area contributed by atoms with Crippen LogP contribution in [0.25, 0.3) is 0 Å². The molecule has 0 saturated carbocycles. The van der Waals surface area contributed by atoms with Crippen molar-refractivity contribution in [2.45, 2.75) is 26.7 Å². The first-order valence-electron chi connectivity index (χ1n) is 6.09. The fourth-order valence-electron chi connectivity index (χ4n) is 1.65. The summed E-state index contributed by atoms with van der Waals surface area (Å²) in [6.07, 6.45) is 1.65. The number of benzene rings is 1. The Kier molecular flexibility index (Phi) is 6.02. The summed E-state index contributed by atoms with van der Waals surface area (Å²) in [5.74, 6) is 0.342. The maximum absolute atomic E-state index is 13.6. The van der Waals surface area contributed by atoms with Gasteiger partial charge in [-0.25, -0.2) is 4.39 Å². The normalized spacial score (nSPS) is 12.2. The van der Waals surface area contributed by atoms with Crippen molar-refractivity contribution in [1.29, 1.82) is 0 Å². The number of rotatable bonds is 7. The van der Waals surface area contributed by atoms with Crippen molar-refractivity contribution < 1.29 is 14.1 Å². The number of hydrogen-bond acceptors (Lipinski definition) is 3. The molecule has 0 N–H and O–H groups in total. The van der Waals surface area contributed by atoms with Crippen LogP contribution >= 0.6 is 11.6 Å². The number of alkyl halides is 1. The highest BCUT2D eigenvalue weighted by Crippen LogP contribution is 2.27. The Morgan fingerprint density at radius 1 is 1.47 bits per heavy atom. The summed E-state index contributed by atoms with van der Waals surface area (Å²) < 4.78 is 18.9. The van der Waals surface area contributed by atoms with E-state index in [4.69, 9.17) is 16.3 Å². The van der Waals surface area contributed by atoms with E-state index < -0.39 is 10.7 Å². The molecular formula is C13H17ClFNO3. The molecule has 0 radical (unpaired) electrons. The van der Waals surface area contributed by atoms with Crippen molar-refractivity contribution in [3.63, 3.8) is 0 Å². The average molecular weight is 290 g/mol. The van der Waals surface area contributed by atoms with Crippen molar-refractivity contribution >= 4 is 17.3 Å². The third-order valence-corrected chi connectivity index (χ3v) is 3.14. The molecule has 1 aromatic rings. The van der Waals surface area contributed by atoms with E-state index in [0.717, 1.165) is 18.9 Å². The molecule has 0 aliphatic heterocycles. The average Bonchev–Trinajstić information content (AvgIpc) is 2.33. The second kappa shape index (κ2) is 7.28. The van der Waals surface area contributed by atoms with Gasteiger partial charge in [0.1, 0.15) is 0 Å². The largest absolute Gasteiger partial charge is 0.490 e. The predicted molar refractivity (Wildman–Crippen MR) is 72.4 cm³/mol. The molecule has 1 rings (SSSR count). The van der Waals surface area contributed by atoms with E-state index in [2.05, 4.69) is 0 Å². The summed E-state index contributed by atoms with van der Waals surface area (Å²) in [5.41, 5.74) is 0.149. The van der Waals surface area contributed by atoms with Crippen molar-refractivity contribution in [3.8, 4) is 5.75 Å². The Balaban J connectivity index is 2.65. The topological polar surface area (TPSA) is 52.4 Å². The van der Waals surface area contributed by atoms with Crippen molar-refractivity contribution in [2.24, 2.45) is 5.92 Å². The zero-order valence-corrected chi connectivity index (χ0v) is 11.7. The minimum absolute atomic E-state index is 0.0566. The summed E-state index contributed by atoms with van der Waals surface area (Å²) in [6.45, 7) is 3.97. The van der Waals surface area contributed by atoms with Gasteiger partial charge in [-0.05, 0) is 31.7 Å². The Bertz CT molecular complexity index is 454. The molecule has 4 nitrogen and oxygen atoms in total. The molecule has 1 aromatic carbocycles. The van der Waals surface area contributed by atoms with Gasteiger partial charge in [0.2, 0.25) is 0 Å². The van der Waals surface area contributed by atoms with Gasteiger partial charge in [0.05, 0.1) is 17.6 Å². The van der Waals surface area contributed by atoms with Crippen LogP contribution in [0.5, 0.6) is 5.75 Å². The highest BCUT2D eigenvalue weighted by Gasteiger charge is 2.16. The van der Waals surface area contributed by atoms with Gasteiger partial charge in [0, 0.05) is 11.4 Å². The van der Waals surface area contributed by atoms with Gasteiger partial charge >= 0.3 is 0 Å². The SMILES string of the molecule is Cc1cc(OCCC(C)CCCl)c(F)cc1[N+](=O)[O-]. The van der Waals surface area contributed by atoms with Crippen LogP contribution in [-0.4, -0.2) is 17.4 Å². The molecule has 0 heterocycles. The second-order valence-corrected chi connectivity index (χ2v) is 4.92. The molecular weight excluding hydrogens is 273 g/mol. The van der Waals surface area contributed by atoms with Crippen LogP contribution in [0.1, 0.15) is 25.3 Å². The van der Waals surface area contributed by atoms with Gasteiger partial charge in [-0.2, -0.15) is 0 Å². The minimum atomic E-state index is -0.706. The van der Waals surface area contributed by atoms with E-state index in [0.29, 0.717) is 24.0 Å². The van der Waals surface area contributed by atoms with Gasteiger partial charge in [0.15, 0.2) is 11.6 Å². The number of halogens is 2. The Morgan fingerprint density at radius 2 is 2.16 bits per heavy atom. The molecule has 0 spiro atoms. The summed E-state index contributed by atoms with van der Waals surface area (Å²) >= 11 is 5.62. The van der Waals surface area contributed by atoms with Gasteiger partial charge in [-0.3, -0.25) is 10.1 Å². The van der Waals surface area contributed by atoms with E-state index in [1.165, 1.54) is 6.07 Å². The van der Waals surface area contributed by atoms with Crippen LogP contribution in [-0.2, 0) is 0 Å². The quantitative estimate of drug-likeness (QED) is 0.432. The second-order valence-electron chi connectivity index (χ2n) is 4.55. The highest BCUT2D eigenvalue weighted by atomic mass is 35.5. The van der Waals surface area contributed by atoms with Crippen molar-refractivity contribution in [2.75, 3.05) is 12.5 Å². The van der Waals surface area contributed by atoms with E-state index in [1.54, 1.807) is 6.92 Å². The van der Waals surface area contributed by atoms with Gasteiger partial charge in [-0.1, -0.05) is 6.92 Å². The number of hydrogen-bond donors (Lipinski definition) is 0. The Hall–Kier alpha value is -1.36. The molecule has 6 heteroatoms. The third-order valence-electron chi connectivity index (χ3n) is 2.92. The lowest BCUT2D eigenvalue weighted by Crippen LogP contribution is -2.06. The lowest BCUT2D eigenvalue weighted by atomic mass is 10.1. The van der Waals surface area contributed by atoms with E-state index in [1.807, 2.05) is 6.92 Å². The first kappa shape index (κ1) is 15.7. The van der Waals surface area contributed by atoms with E-state index in [9.17, 15) is 14.5 Å². The lowest BCUT2D eigenvalue weighted by Gasteiger charge is -2.11. The first-order chi connectivity index (χ1) is 8.95. The molecule has 106 valence electrons. The minimum Gasteiger partial charge on any atom is -0.490 e. The maximum Gasteiger partial charge on any atom is 0.275 e. The van der Waals surface area contributed by atoms with Gasteiger partial charge < -0.3 is 4.74 Å². The van der Waals surface area contributed by atoms with E-state index in [-0.39, 0.29) is 11.4 Å². The summed E-state index contributed by atoms with van der Waals surface area (Å²) in [7, 11) is 0. The van der Waals surface area contributed by atoms with Crippen LogP contribution in [0.4, 0.5) is 10.1 Å². The maximum atomic E-state index is 13.6. The molecule has 0 aliphatic carbocycles. The summed E-state index contributed by atoms with van der Waals surface area (Å²) in [5, 5.41) is 10.6. The summed E-state index contributed by atoms with van der Waals surface area (Å²) in [4.78, 5) is 10.0. The van der Waals surface area contributed by atoms with Crippen LogP contribution in [0, 0.1) is 28.8 Å². The molecule has 0 aliphatic rings. The number of nitro benzene ring substituents is 1. The highest BCUT2D eigenvalue weighted by molar-refractivity contribution is 6.17. The van der Waals surface area contributed by atoms with Crippen LogP contribution < -0.4 is 4.74 Å². The fraction of sp³-hybridized carbons (Fsp3) is 0.538. The molecule has 0 aromatic heterocycles. The van der Waals surface area contributed by atoms with Crippen LogP contribution in [0.3, 0.4) is 0 Å². The first-order valence-corrected chi connectivity index (χ1v) is 6.62. The van der Waals surface area contributed by atoms with Gasteiger partial charge in [0.25, 0.3) is 5.69 Å². The number of ether oxygens (including phenoxy) is 1. The predicted octanol–water partition coefficient (Wildman–Crippen LogP) is 4.08. The standard InChI is InChI=1S/C13H17ClFNO3/c1-9(3-5-14)4-6-19-13-7-10(2)12(16(17)18)8-11(13)15/h7-9H,3-6H2,1-2H3. The van der Waals surface area contributed by atoms with Crippen molar-refractivity contribution in [1.82, 2.24) is 0 Å². The number of nitrogens with zero attached hydrogens (tertiary/aromatic N) is 1. The molecule has 0 amide bonds. The molecule has 1 unspecified atom stereocenters. The number of aryl methyl sites for hydroxylation is 1. The van der Waals surface area contributed by atoms with Crippen LogP contribution in [0.2, 0.25) is 0 Å². The smallest absolute Gasteiger partial charge is 0.275 e. The lowest BCUT2D eigenvalue weighted by molar-refractivity contribution is -0.385. The molecule has 1 atom stereocenters. The fourth-order valence-corrected chi connectivity index (χ4v) is 2.03. The zero-order chi connectivity index (χ0) is 14.4.